The Bertz CT molecular complexity index is 848. The molecule has 1 unspecified atom stereocenters. The molecule has 1 saturated heterocycles. The van der Waals surface area contributed by atoms with E-state index in [1.54, 1.807) is 6.20 Å². The van der Waals surface area contributed by atoms with Crippen LogP contribution >= 0.6 is 0 Å². The van der Waals surface area contributed by atoms with Gasteiger partial charge in [0.25, 0.3) is 5.91 Å². The Balaban J connectivity index is 1.70. The minimum absolute atomic E-state index is 0.175. The summed E-state index contributed by atoms with van der Waals surface area (Å²) in [6.07, 6.45) is 1.67. The number of ether oxygens (including phenoxy) is 1. The first-order chi connectivity index (χ1) is 12.5. The Morgan fingerprint density at radius 3 is 2.46 bits per heavy atom. The number of carbonyl (C=O) groups excluding carboxylic acids is 1. The Morgan fingerprint density at radius 2 is 1.85 bits per heavy atom. The minimum Gasteiger partial charge on any atom is -0.379 e. The van der Waals surface area contributed by atoms with Gasteiger partial charge in [-0.05, 0) is 43.3 Å². The summed E-state index contributed by atoms with van der Waals surface area (Å²) in [5.41, 5.74) is 1.15. The van der Waals surface area contributed by atoms with Gasteiger partial charge in [0.05, 0.1) is 29.8 Å². The zero-order chi connectivity index (χ0) is 18.6. The minimum atomic E-state index is -3.56. The third-order valence-corrected chi connectivity index (χ3v) is 6.12. The molecule has 0 saturated carbocycles. The summed E-state index contributed by atoms with van der Waals surface area (Å²) in [6, 6.07) is 11.2. The second kappa shape index (κ2) is 7.94. The maximum absolute atomic E-state index is 12.6. The van der Waals surface area contributed by atoms with E-state index < -0.39 is 10.0 Å². The summed E-state index contributed by atoms with van der Waals surface area (Å²) in [6.45, 7) is 3.31. The zero-order valence-electron chi connectivity index (χ0n) is 14.5. The van der Waals surface area contributed by atoms with Gasteiger partial charge in [0, 0.05) is 24.8 Å². The third-order valence-electron chi connectivity index (χ3n) is 4.20. The molecule has 1 atom stereocenters. The number of aromatic nitrogens is 1. The molecule has 2 aromatic rings. The number of nitrogens with one attached hydrogen (secondary N) is 1. The highest BCUT2D eigenvalue weighted by Crippen LogP contribution is 2.18. The molecule has 138 valence electrons. The van der Waals surface area contributed by atoms with Crippen LogP contribution < -0.4 is 5.32 Å². The molecule has 1 aromatic carbocycles. The lowest BCUT2D eigenvalue weighted by Crippen LogP contribution is -2.40. The predicted octanol–water partition coefficient (Wildman–Crippen LogP) is 1.59. The molecule has 1 aliphatic heterocycles. The topological polar surface area (TPSA) is 88.6 Å². The number of sulfonamides is 1. The second-order valence-electron chi connectivity index (χ2n) is 5.99. The third kappa shape index (κ3) is 4.09. The van der Waals surface area contributed by atoms with Crippen LogP contribution in [0.3, 0.4) is 0 Å². The van der Waals surface area contributed by atoms with Crippen molar-refractivity contribution in [1.29, 1.82) is 0 Å². The van der Waals surface area contributed by atoms with E-state index >= 15 is 0 Å². The summed E-state index contributed by atoms with van der Waals surface area (Å²) < 4.78 is 31.8. The van der Waals surface area contributed by atoms with Crippen LogP contribution in [0.15, 0.2) is 53.6 Å². The van der Waals surface area contributed by atoms with E-state index in [0.29, 0.717) is 31.9 Å². The molecule has 8 heteroatoms. The molecule has 1 aliphatic rings. The van der Waals surface area contributed by atoms with Crippen LogP contribution in [-0.4, -0.2) is 49.9 Å². The van der Waals surface area contributed by atoms with Crippen molar-refractivity contribution in [2.24, 2.45) is 0 Å². The number of hydrogen-bond donors (Lipinski definition) is 1. The van der Waals surface area contributed by atoms with Gasteiger partial charge >= 0.3 is 0 Å². The first-order valence-electron chi connectivity index (χ1n) is 8.38. The lowest BCUT2D eigenvalue weighted by atomic mass is 10.1. The molecule has 7 nitrogen and oxygen atoms in total. The van der Waals surface area contributed by atoms with E-state index in [2.05, 4.69) is 10.3 Å². The van der Waals surface area contributed by atoms with Crippen molar-refractivity contribution in [2.45, 2.75) is 17.9 Å². The number of carbonyl (C=O) groups is 1. The van der Waals surface area contributed by atoms with Gasteiger partial charge in [-0.2, -0.15) is 4.31 Å². The highest BCUT2D eigenvalue weighted by atomic mass is 32.2. The molecule has 1 amide bonds. The van der Waals surface area contributed by atoms with E-state index in [1.165, 1.54) is 28.6 Å². The van der Waals surface area contributed by atoms with Crippen molar-refractivity contribution in [2.75, 3.05) is 26.3 Å². The molecule has 0 spiro atoms. The Hall–Kier alpha value is -2.29. The molecule has 1 fully saturated rings. The number of hydrogen-bond acceptors (Lipinski definition) is 5. The fourth-order valence-corrected chi connectivity index (χ4v) is 4.11. The molecule has 2 heterocycles. The standard InChI is InChI=1S/C18H21N3O4S/c1-14(17-4-2-3-9-19-17)20-18(22)15-5-7-16(8-6-15)26(23,24)21-10-12-25-13-11-21/h2-9,14H,10-13H2,1H3,(H,20,22). The molecule has 0 aliphatic carbocycles. The second-order valence-corrected chi connectivity index (χ2v) is 7.93. The smallest absolute Gasteiger partial charge is 0.251 e. The van der Waals surface area contributed by atoms with Gasteiger partial charge in [-0.15, -0.1) is 0 Å². The summed E-state index contributed by atoms with van der Waals surface area (Å²) in [7, 11) is -3.56. The number of nitrogens with zero attached hydrogens (tertiary/aromatic N) is 2. The highest BCUT2D eigenvalue weighted by molar-refractivity contribution is 7.89. The SMILES string of the molecule is CC(NC(=O)c1ccc(S(=O)(=O)N2CCOCC2)cc1)c1ccccn1. The quantitative estimate of drug-likeness (QED) is 0.857. The van der Waals surface area contributed by atoms with Gasteiger partial charge in [0.15, 0.2) is 0 Å². The number of benzene rings is 1. The predicted molar refractivity (Wildman–Crippen MR) is 96.1 cm³/mol. The monoisotopic (exact) mass is 375 g/mol. The number of morpholine rings is 1. The Labute approximate surface area is 153 Å². The van der Waals surface area contributed by atoms with Crippen molar-refractivity contribution < 1.29 is 17.9 Å². The van der Waals surface area contributed by atoms with Crippen LogP contribution in [0.1, 0.15) is 29.0 Å². The first-order valence-corrected chi connectivity index (χ1v) is 9.82. The van der Waals surface area contributed by atoms with Gasteiger partial charge in [-0.25, -0.2) is 8.42 Å². The largest absolute Gasteiger partial charge is 0.379 e. The molecule has 26 heavy (non-hydrogen) atoms. The molecular formula is C18H21N3O4S. The molecule has 3 rings (SSSR count). The molecule has 1 N–H and O–H groups in total. The Kier molecular flexibility index (Phi) is 5.65. The van der Waals surface area contributed by atoms with Crippen LogP contribution in [0.4, 0.5) is 0 Å². The summed E-state index contributed by atoms with van der Waals surface area (Å²) in [5, 5.41) is 2.86. The van der Waals surface area contributed by atoms with E-state index in [1.807, 2.05) is 25.1 Å². The van der Waals surface area contributed by atoms with Crippen molar-refractivity contribution in [1.82, 2.24) is 14.6 Å². The average Bonchev–Trinajstić information content (AvgIpc) is 2.69. The maximum Gasteiger partial charge on any atom is 0.251 e. The van der Waals surface area contributed by atoms with E-state index in [0.717, 1.165) is 5.69 Å². The van der Waals surface area contributed by atoms with Crippen LogP contribution in [0, 0.1) is 0 Å². The Morgan fingerprint density at radius 1 is 1.15 bits per heavy atom. The van der Waals surface area contributed by atoms with E-state index in [-0.39, 0.29) is 16.8 Å². The fraction of sp³-hybridized carbons (Fsp3) is 0.333. The van der Waals surface area contributed by atoms with Gasteiger partial charge < -0.3 is 10.1 Å². The fourth-order valence-electron chi connectivity index (χ4n) is 2.70. The number of amides is 1. The normalized spacial score (nSPS) is 16.8. The first kappa shape index (κ1) is 18.5. The highest BCUT2D eigenvalue weighted by Gasteiger charge is 2.26. The molecule has 1 aromatic heterocycles. The van der Waals surface area contributed by atoms with E-state index in [9.17, 15) is 13.2 Å². The molecule has 0 radical (unpaired) electrons. The van der Waals surface area contributed by atoms with Gasteiger partial charge in [0.1, 0.15) is 0 Å². The van der Waals surface area contributed by atoms with Crippen LogP contribution in [0.25, 0.3) is 0 Å². The summed E-state index contributed by atoms with van der Waals surface area (Å²) >= 11 is 0. The number of pyridine rings is 1. The van der Waals surface area contributed by atoms with Crippen LogP contribution in [0.2, 0.25) is 0 Å². The molecule has 0 bridgehead atoms. The van der Waals surface area contributed by atoms with Crippen molar-refractivity contribution in [3.63, 3.8) is 0 Å². The van der Waals surface area contributed by atoms with Crippen LogP contribution in [-0.2, 0) is 14.8 Å². The lowest BCUT2D eigenvalue weighted by Gasteiger charge is -2.26. The summed E-state index contributed by atoms with van der Waals surface area (Å²) in [5.74, 6) is -0.279. The average molecular weight is 375 g/mol. The van der Waals surface area contributed by atoms with Crippen LogP contribution in [0.5, 0.6) is 0 Å². The molecular weight excluding hydrogens is 354 g/mol. The van der Waals surface area contributed by atoms with Gasteiger partial charge in [-0.3, -0.25) is 9.78 Å². The van der Waals surface area contributed by atoms with Crippen molar-refractivity contribution in [3.05, 3.63) is 59.9 Å². The number of rotatable bonds is 5. The van der Waals surface area contributed by atoms with Gasteiger partial charge in [-0.1, -0.05) is 6.07 Å². The van der Waals surface area contributed by atoms with Crippen molar-refractivity contribution >= 4 is 15.9 Å². The van der Waals surface area contributed by atoms with Gasteiger partial charge in [0.2, 0.25) is 10.0 Å². The lowest BCUT2D eigenvalue weighted by molar-refractivity contribution is 0.0730. The zero-order valence-corrected chi connectivity index (χ0v) is 15.3. The maximum atomic E-state index is 12.6. The van der Waals surface area contributed by atoms with Crippen molar-refractivity contribution in [3.8, 4) is 0 Å². The summed E-state index contributed by atoms with van der Waals surface area (Å²) in [4.78, 5) is 16.8. The van der Waals surface area contributed by atoms with E-state index in [4.69, 9.17) is 4.74 Å².